The molecule has 1 amide bonds. The largest absolute Gasteiger partial charge is 0.444 e. The number of para-hydroxylation sites is 1. The van der Waals surface area contributed by atoms with Crippen molar-refractivity contribution in [1.82, 2.24) is 15.3 Å². The third kappa shape index (κ3) is 4.39. The van der Waals surface area contributed by atoms with Gasteiger partial charge in [-0.05, 0) is 39.3 Å². The number of H-pyrrole nitrogens is 1. The molecular weight excluding hydrogens is 334 g/mol. The highest BCUT2D eigenvalue weighted by molar-refractivity contribution is 7.09. The molecule has 0 bridgehead atoms. The summed E-state index contributed by atoms with van der Waals surface area (Å²) in [5.41, 5.74) is 2.65. The zero-order valence-electron chi connectivity index (χ0n) is 14.9. The van der Waals surface area contributed by atoms with Crippen molar-refractivity contribution in [1.29, 1.82) is 0 Å². The summed E-state index contributed by atoms with van der Waals surface area (Å²) in [4.78, 5) is 20.1. The van der Waals surface area contributed by atoms with E-state index in [-0.39, 0.29) is 6.04 Å². The van der Waals surface area contributed by atoms with Gasteiger partial charge < -0.3 is 15.0 Å². The summed E-state index contributed by atoms with van der Waals surface area (Å²) >= 11 is 1.55. The minimum absolute atomic E-state index is 0.229. The normalized spacial score (nSPS) is 13.0. The zero-order valence-corrected chi connectivity index (χ0v) is 15.7. The molecule has 0 radical (unpaired) electrons. The number of aromatic nitrogens is 2. The van der Waals surface area contributed by atoms with Crippen LogP contribution in [0.3, 0.4) is 0 Å². The number of carbonyl (C=O) groups excluding carboxylic acids is 1. The van der Waals surface area contributed by atoms with Gasteiger partial charge in [-0.2, -0.15) is 0 Å². The molecule has 5 nitrogen and oxygen atoms in total. The van der Waals surface area contributed by atoms with Crippen LogP contribution in [0, 0.1) is 6.92 Å². The number of hydrogen-bond donors (Lipinski definition) is 2. The number of amides is 1. The summed E-state index contributed by atoms with van der Waals surface area (Å²) in [6.07, 6.45) is 2.22. The molecule has 3 rings (SSSR count). The van der Waals surface area contributed by atoms with Crippen molar-refractivity contribution < 1.29 is 9.53 Å². The first-order chi connectivity index (χ1) is 11.8. The molecule has 6 heteroatoms. The maximum absolute atomic E-state index is 12.3. The summed E-state index contributed by atoms with van der Waals surface area (Å²) < 4.78 is 5.42. The van der Waals surface area contributed by atoms with E-state index in [0.717, 1.165) is 27.2 Å². The average molecular weight is 357 g/mol. The molecular formula is C19H23N3O2S. The van der Waals surface area contributed by atoms with E-state index in [1.54, 1.807) is 11.3 Å². The summed E-state index contributed by atoms with van der Waals surface area (Å²) in [5.74, 6) is 0. The van der Waals surface area contributed by atoms with Crippen LogP contribution in [-0.4, -0.2) is 21.7 Å². The lowest BCUT2D eigenvalue weighted by atomic mass is 10.1. The van der Waals surface area contributed by atoms with Gasteiger partial charge in [-0.3, -0.25) is 0 Å². The van der Waals surface area contributed by atoms with E-state index in [9.17, 15) is 4.79 Å². The molecule has 1 aromatic carbocycles. The monoisotopic (exact) mass is 357 g/mol. The molecule has 2 aromatic heterocycles. The van der Waals surface area contributed by atoms with Crippen LogP contribution in [0.4, 0.5) is 4.79 Å². The van der Waals surface area contributed by atoms with Crippen LogP contribution in [0.1, 0.15) is 43.1 Å². The van der Waals surface area contributed by atoms with Gasteiger partial charge >= 0.3 is 6.09 Å². The van der Waals surface area contributed by atoms with Crippen molar-refractivity contribution in [3.8, 4) is 0 Å². The molecule has 0 spiro atoms. The second kappa shape index (κ2) is 6.88. The van der Waals surface area contributed by atoms with Crippen LogP contribution in [0.5, 0.6) is 0 Å². The number of carbonyl (C=O) groups is 1. The molecule has 25 heavy (non-hydrogen) atoms. The highest BCUT2D eigenvalue weighted by atomic mass is 32.1. The van der Waals surface area contributed by atoms with Gasteiger partial charge in [0.15, 0.2) is 0 Å². The van der Waals surface area contributed by atoms with Crippen LogP contribution in [0.2, 0.25) is 0 Å². The molecule has 3 aromatic rings. The van der Waals surface area contributed by atoms with E-state index in [1.807, 2.05) is 57.5 Å². The predicted octanol–water partition coefficient (Wildman–Crippen LogP) is 4.74. The lowest BCUT2D eigenvalue weighted by Gasteiger charge is -2.22. The van der Waals surface area contributed by atoms with Crippen LogP contribution in [-0.2, 0) is 11.2 Å². The number of ether oxygens (including phenoxy) is 1. The molecule has 0 aliphatic carbocycles. The van der Waals surface area contributed by atoms with Crippen LogP contribution >= 0.6 is 11.3 Å². The molecule has 2 heterocycles. The van der Waals surface area contributed by atoms with Crippen molar-refractivity contribution in [3.63, 3.8) is 0 Å². The van der Waals surface area contributed by atoms with Crippen molar-refractivity contribution in [2.75, 3.05) is 0 Å². The Hall–Kier alpha value is -2.34. The summed E-state index contributed by atoms with van der Waals surface area (Å²) in [7, 11) is 0. The highest BCUT2D eigenvalue weighted by Gasteiger charge is 2.23. The van der Waals surface area contributed by atoms with Gasteiger partial charge in [-0.1, -0.05) is 18.2 Å². The molecule has 132 valence electrons. The van der Waals surface area contributed by atoms with Gasteiger partial charge in [0.2, 0.25) is 0 Å². The number of rotatable bonds is 4. The van der Waals surface area contributed by atoms with Crippen molar-refractivity contribution in [2.24, 2.45) is 0 Å². The number of fused-ring (bicyclic) bond motifs is 1. The van der Waals surface area contributed by atoms with Crippen molar-refractivity contribution >= 4 is 28.3 Å². The zero-order chi connectivity index (χ0) is 18.0. The molecule has 2 N–H and O–H groups in total. The van der Waals surface area contributed by atoms with Gasteiger partial charge in [0.1, 0.15) is 10.6 Å². The maximum Gasteiger partial charge on any atom is 0.408 e. The van der Waals surface area contributed by atoms with Gasteiger partial charge in [0.05, 0.1) is 6.04 Å². The highest BCUT2D eigenvalue weighted by Crippen LogP contribution is 2.26. The van der Waals surface area contributed by atoms with Gasteiger partial charge in [-0.25, -0.2) is 9.78 Å². The maximum atomic E-state index is 12.3. The standard InChI is InChI=1S/C19H23N3O2S/c1-12-11-25-17(21-12)16(22-18(23)24-19(2,3)4)9-13-10-20-15-8-6-5-7-14(13)15/h5-8,10-11,16,20H,9H2,1-4H3,(H,22,23)/t16-/m1/s1. The Bertz CT molecular complexity index is 876. The summed E-state index contributed by atoms with van der Waals surface area (Å²) in [5, 5.41) is 7.02. The van der Waals surface area contributed by atoms with Crippen LogP contribution in [0.25, 0.3) is 10.9 Å². The molecule has 0 aliphatic rings. The van der Waals surface area contributed by atoms with Gasteiger partial charge in [0, 0.05) is 34.6 Å². The Morgan fingerprint density at radius 1 is 1.36 bits per heavy atom. The smallest absolute Gasteiger partial charge is 0.408 e. The summed E-state index contributed by atoms with van der Waals surface area (Å²) in [6, 6.07) is 7.92. The number of aryl methyl sites for hydroxylation is 1. The van der Waals surface area contributed by atoms with E-state index < -0.39 is 11.7 Å². The predicted molar refractivity (Wildman–Crippen MR) is 101 cm³/mol. The lowest BCUT2D eigenvalue weighted by Crippen LogP contribution is -2.35. The Morgan fingerprint density at radius 3 is 2.80 bits per heavy atom. The van der Waals surface area contributed by atoms with E-state index in [1.165, 1.54) is 0 Å². The number of aromatic amines is 1. The second-order valence-corrected chi connectivity index (χ2v) is 7.98. The summed E-state index contributed by atoms with van der Waals surface area (Å²) in [6.45, 7) is 7.52. The average Bonchev–Trinajstić information content (AvgIpc) is 3.12. The minimum Gasteiger partial charge on any atom is -0.444 e. The first-order valence-electron chi connectivity index (χ1n) is 8.28. The third-order valence-electron chi connectivity index (χ3n) is 3.72. The number of alkyl carbamates (subject to hydrolysis) is 1. The Morgan fingerprint density at radius 2 is 2.12 bits per heavy atom. The Balaban J connectivity index is 1.85. The first-order valence-corrected chi connectivity index (χ1v) is 9.16. The second-order valence-electron chi connectivity index (χ2n) is 7.09. The number of nitrogens with zero attached hydrogens (tertiary/aromatic N) is 1. The molecule has 0 aliphatic heterocycles. The molecule has 0 saturated carbocycles. The molecule has 1 atom stereocenters. The van der Waals surface area contributed by atoms with Crippen molar-refractivity contribution in [3.05, 3.63) is 52.1 Å². The van der Waals surface area contributed by atoms with E-state index in [0.29, 0.717) is 6.42 Å². The van der Waals surface area contributed by atoms with E-state index in [2.05, 4.69) is 21.4 Å². The number of benzene rings is 1. The topological polar surface area (TPSA) is 67.0 Å². The minimum atomic E-state index is -0.534. The van der Waals surface area contributed by atoms with E-state index >= 15 is 0 Å². The fourth-order valence-electron chi connectivity index (χ4n) is 2.70. The van der Waals surface area contributed by atoms with Gasteiger partial charge in [0.25, 0.3) is 0 Å². The first kappa shape index (κ1) is 17.5. The lowest BCUT2D eigenvalue weighted by molar-refractivity contribution is 0.0503. The fraction of sp³-hybridized carbons (Fsp3) is 0.368. The molecule has 0 fully saturated rings. The quantitative estimate of drug-likeness (QED) is 0.708. The van der Waals surface area contributed by atoms with Crippen LogP contribution in [0.15, 0.2) is 35.8 Å². The van der Waals surface area contributed by atoms with Crippen molar-refractivity contribution in [2.45, 2.75) is 45.8 Å². The number of nitrogens with one attached hydrogen (secondary N) is 2. The fourth-order valence-corrected chi connectivity index (χ4v) is 3.55. The Kier molecular flexibility index (Phi) is 4.81. The number of hydrogen-bond acceptors (Lipinski definition) is 4. The number of thiazole rings is 1. The SMILES string of the molecule is Cc1csc([C@@H](Cc2c[nH]c3ccccc23)NC(=O)OC(C)(C)C)n1. The third-order valence-corrected chi connectivity index (χ3v) is 4.80. The molecule has 0 saturated heterocycles. The molecule has 0 unspecified atom stereocenters. The van der Waals surface area contributed by atoms with Gasteiger partial charge in [-0.15, -0.1) is 11.3 Å². The van der Waals surface area contributed by atoms with E-state index in [4.69, 9.17) is 4.74 Å². The van der Waals surface area contributed by atoms with Crippen LogP contribution < -0.4 is 5.32 Å². The Labute approximate surface area is 151 Å².